The van der Waals surface area contributed by atoms with Crippen LogP contribution in [0.25, 0.3) is 11.0 Å². The number of hydrogen-bond acceptors (Lipinski definition) is 4. The van der Waals surface area contributed by atoms with Crippen molar-refractivity contribution in [2.45, 2.75) is 50.8 Å². The van der Waals surface area contributed by atoms with Crippen molar-refractivity contribution in [2.75, 3.05) is 11.1 Å². The highest BCUT2D eigenvalue weighted by molar-refractivity contribution is 8.00. The summed E-state index contributed by atoms with van der Waals surface area (Å²) in [6.45, 7) is 4.08. The van der Waals surface area contributed by atoms with Gasteiger partial charge in [0, 0.05) is 6.07 Å². The smallest absolute Gasteiger partial charge is 0.235 e. The molecule has 1 amide bonds. The number of fused-ring (bicyclic) bond motifs is 3. The Morgan fingerprint density at radius 1 is 1.34 bits per heavy atom. The molecule has 2 heterocycles. The molecule has 2 saturated carbocycles. The number of aryl methyl sites for hydroxylation is 1. The lowest BCUT2D eigenvalue weighted by Gasteiger charge is -2.24. The number of nitrogens with zero attached hydrogens (tertiary/aromatic N) is 3. The summed E-state index contributed by atoms with van der Waals surface area (Å²) in [6.07, 6.45) is 5.18. The minimum absolute atomic E-state index is 0.0160. The van der Waals surface area contributed by atoms with Gasteiger partial charge < -0.3 is 10.3 Å². The Kier molecular flexibility index (Phi) is 4.86. The van der Waals surface area contributed by atoms with E-state index in [9.17, 15) is 4.79 Å². The summed E-state index contributed by atoms with van der Waals surface area (Å²) < 4.78 is 2.09. The van der Waals surface area contributed by atoms with Gasteiger partial charge >= 0.3 is 0 Å². The predicted octanol–water partition coefficient (Wildman–Crippen LogP) is 4.86. The van der Waals surface area contributed by atoms with E-state index in [4.69, 9.17) is 5.10 Å². The number of benzene rings is 1. The van der Waals surface area contributed by atoms with Gasteiger partial charge in [-0.25, -0.2) is 9.67 Å². The first kappa shape index (κ1) is 18.7. The van der Waals surface area contributed by atoms with Crippen molar-refractivity contribution in [3.63, 3.8) is 0 Å². The molecule has 3 aromatic rings. The maximum Gasteiger partial charge on any atom is 0.235 e. The van der Waals surface area contributed by atoms with E-state index >= 15 is 0 Å². The number of aromatic amines is 1. The quantitative estimate of drug-likeness (QED) is 0.609. The zero-order chi connectivity index (χ0) is 20.0. The van der Waals surface area contributed by atoms with Crippen LogP contribution in [0.3, 0.4) is 0 Å². The van der Waals surface area contributed by atoms with Crippen LogP contribution in [0.15, 0.2) is 30.3 Å². The van der Waals surface area contributed by atoms with Gasteiger partial charge in [0.05, 0.1) is 33.8 Å². The van der Waals surface area contributed by atoms with Gasteiger partial charge in [-0.1, -0.05) is 18.6 Å². The first-order valence-electron chi connectivity index (χ1n) is 10.5. The van der Waals surface area contributed by atoms with Crippen LogP contribution in [-0.4, -0.2) is 31.4 Å². The number of amides is 1. The molecule has 2 bridgehead atoms. The van der Waals surface area contributed by atoms with E-state index < -0.39 is 0 Å². The van der Waals surface area contributed by atoms with E-state index in [0.29, 0.717) is 11.8 Å². The van der Waals surface area contributed by atoms with Gasteiger partial charge in [0.25, 0.3) is 0 Å². The number of carbonyl (C=O) groups excluding carboxylic acids is 1. The highest BCUT2D eigenvalue weighted by Crippen LogP contribution is 2.51. The fourth-order valence-electron chi connectivity index (χ4n) is 5.00. The van der Waals surface area contributed by atoms with Gasteiger partial charge in [0.2, 0.25) is 5.91 Å². The Hall–Kier alpha value is -2.28. The molecule has 0 saturated heterocycles. The molecular weight excluding hydrogens is 382 g/mol. The van der Waals surface area contributed by atoms with Crippen LogP contribution in [0.2, 0.25) is 0 Å². The number of carbonyl (C=O) groups is 1. The van der Waals surface area contributed by atoms with Gasteiger partial charge in [0.1, 0.15) is 11.6 Å². The zero-order valence-corrected chi connectivity index (χ0v) is 17.7. The summed E-state index contributed by atoms with van der Waals surface area (Å²) in [7, 11) is 0. The van der Waals surface area contributed by atoms with E-state index in [-0.39, 0.29) is 11.2 Å². The van der Waals surface area contributed by atoms with Crippen molar-refractivity contribution in [1.29, 1.82) is 0 Å². The first-order chi connectivity index (χ1) is 14.1. The van der Waals surface area contributed by atoms with E-state index in [0.717, 1.165) is 40.2 Å². The Morgan fingerprint density at radius 3 is 2.97 bits per heavy atom. The number of H-pyrrole nitrogens is 1. The molecule has 6 nitrogen and oxygen atoms in total. The SMILES string of the molecule is Cc1cc(NC(=O)CS[C@H](C)c2nc3ccccc3[nH]2)n([C@H]2C[C@H]3CC[C@H]2C3)n1. The number of hydrogen-bond donors (Lipinski definition) is 2. The highest BCUT2D eigenvalue weighted by Gasteiger charge is 2.41. The molecule has 0 spiro atoms. The third kappa shape index (κ3) is 3.68. The molecule has 152 valence electrons. The number of aromatic nitrogens is 4. The van der Waals surface area contributed by atoms with Crippen LogP contribution in [0.4, 0.5) is 5.82 Å². The van der Waals surface area contributed by atoms with E-state index in [1.807, 2.05) is 37.3 Å². The van der Waals surface area contributed by atoms with E-state index in [1.165, 1.54) is 25.7 Å². The molecular formula is C22H27N5OS. The van der Waals surface area contributed by atoms with Gasteiger partial charge in [-0.15, -0.1) is 11.8 Å². The van der Waals surface area contributed by atoms with E-state index in [1.54, 1.807) is 11.8 Å². The van der Waals surface area contributed by atoms with Crippen molar-refractivity contribution in [3.8, 4) is 0 Å². The summed E-state index contributed by atoms with van der Waals surface area (Å²) >= 11 is 1.59. The lowest BCUT2D eigenvalue weighted by Crippen LogP contribution is -2.23. The minimum atomic E-state index is 0.0160. The van der Waals surface area contributed by atoms with Crippen molar-refractivity contribution in [3.05, 3.63) is 41.9 Å². The molecule has 2 aliphatic carbocycles. The number of thioether (sulfide) groups is 1. The van der Waals surface area contributed by atoms with E-state index in [2.05, 4.69) is 26.9 Å². The van der Waals surface area contributed by atoms with Crippen LogP contribution in [0.1, 0.15) is 55.4 Å². The van der Waals surface area contributed by atoms with Gasteiger partial charge in [-0.3, -0.25) is 4.79 Å². The molecule has 5 rings (SSSR count). The summed E-state index contributed by atoms with van der Waals surface area (Å²) in [5, 5.41) is 7.94. The molecule has 29 heavy (non-hydrogen) atoms. The molecule has 1 aromatic carbocycles. The predicted molar refractivity (Wildman–Crippen MR) is 117 cm³/mol. The summed E-state index contributed by atoms with van der Waals surface area (Å²) in [6, 6.07) is 10.4. The van der Waals surface area contributed by atoms with Crippen LogP contribution < -0.4 is 5.32 Å². The first-order valence-corrected chi connectivity index (χ1v) is 11.5. The van der Waals surface area contributed by atoms with Crippen molar-refractivity contribution in [2.24, 2.45) is 11.8 Å². The minimum Gasteiger partial charge on any atom is -0.341 e. The lowest BCUT2D eigenvalue weighted by molar-refractivity contribution is -0.113. The standard InChI is InChI=1S/C22H27N5OS/c1-13-9-20(27(26-13)19-11-15-7-8-16(19)10-15)25-21(28)12-29-14(2)22-23-17-5-3-4-6-18(17)24-22/h3-6,9,14-16,19H,7-8,10-12H2,1-2H3,(H,23,24)(H,25,28)/t14-,15+,16+,19+/m1/s1. The number of para-hydroxylation sites is 2. The van der Waals surface area contributed by atoms with Crippen LogP contribution >= 0.6 is 11.8 Å². The van der Waals surface area contributed by atoms with Crippen LogP contribution in [0, 0.1) is 18.8 Å². The number of anilines is 1. The second-order valence-corrected chi connectivity index (χ2v) is 9.83. The zero-order valence-electron chi connectivity index (χ0n) is 16.9. The second-order valence-electron chi connectivity index (χ2n) is 8.50. The Bertz CT molecular complexity index is 1010. The molecule has 2 aliphatic rings. The normalized spacial score (nSPS) is 24.3. The Labute approximate surface area is 174 Å². The van der Waals surface area contributed by atoms with Gasteiger partial charge in [-0.2, -0.15) is 5.10 Å². The Balaban J connectivity index is 1.22. The third-order valence-corrected chi connectivity index (χ3v) is 7.55. The number of nitrogens with one attached hydrogen (secondary N) is 2. The van der Waals surface area contributed by atoms with Crippen molar-refractivity contribution in [1.82, 2.24) is 19.7 Å². The fraction of sp³-hybridized carbons (Fsp3) is 0.500. The van der Waals surface area contributed by atoms with Crippen LogP contribution in [-0.2, 0) is 4.79 Å². The molecule has 0 unspecified atom stereocenters. The molecule has 0 aliphatic heterocycles. The monoisotopic (exact) mass is 409 g/mol. The molecule has 2 fully saturated rings. The molecule has 7 heteroatoms. The Morgan fingerprint density at radius 2 is 2.21 bits per heavy atom. The van der Waals surface area contributed by atoms with Crippen LogP contribution in [0.5, 0.6) is 0 Å². The van der Waals surface area contributed by atoms with Crippen molar-refractivity contribution >= 4 is 34.5 Å². The largest absolute Gasteiger partial charge is 0.341 e. The van der Waals surface area contributed by atoms with Gasteiger partial charge in [0.15, 0.2) is 0 Å². The highest BCUT2D eigenvalue weighted by atomic mass is 32.2. The van der Waals surface area contributed by atoms with Gasteiger partial charge in [-0.05, 0) is 57.1 Å². The summed E-state index contributed by atoms with van der Waals surface area (Å²) in [4.78, 5) is 20.7. The maximum atomic E-state index is 12.7. The molecule has 0 radical (unpaired) electrons. The summed E-state index contributed by atoms with van der Waals surface area (Å²) in [5.41, 5.74) is 2.96. The molecule has 4 atom stereocenters. The van der Waals surface area contributed by atoms with Crippen molar-refractivity contribution < 1.29 is 4.79 Å². The molecule has 2 N–H and O–H groups in total. The topological polar surface area (TPSA) is 75.6 Å². The summed E-state index contributed by atoms with van der Waals surface area (Å²) in [5.74, 6) is 3.73. The average Bonchev–Trinajstić information content (AvgIpc) is 3.48. The third-order valence-electron chi connectivity index (χ3n) is 6.40. The maximum absolute atomic E-state index is 12.7. The fourth-order valence-corrected chi connectivity index (χ4v) is 5.74. The lowest BCUT2D eigenvalue weighted by atomic mass is 9.95. The average molecular weight is 410 g/mol. The number of imidazole rings is 1. The number of rotatable bonds is 6. The molecule has 2 aromatic heterocycles. The second kappa shape index (κ2) is 7.52.